The summed E-state index contributed by atoms with van der Waals surface area (Å²) < 4.78 is 23.4. The molecular formula is C5H11F2Sn. The third-order valence-electron chi connectivity index (χ3n) is 0.911. The van der Waals surface area contributed by atoms with Crippen molar-refractivity contribution in [3.05, 3.63) is 0 Å². The molecule has 0 amide bonds. The van der Waals surface area contributed by atoms with Gasteiger partial charge in [0.25, 0.3) is 0 Å². The van der Waals surface area contributed by atoms with Gasteiger partial charge in [0, 0.05) is 0 Å². The van der Waals surface area contributed by atoms with Crippen LogP contribution in [-0.4, -0.2) is 20.9 Å². The van der Waals surface area contributed by atoms with Gasteiger partial charge in [-0.1, -0.05) is 0 Å². The summed E-state index contributed by atoms with van der Waals surface area (Å²) >= 11 is -3.69. The van der Waals surface area contributed by atoms with Crippen LogP contribution in [0.3, 0.4) is 0 Å². The van der Waals surface area contributed by atoms with E-state index in [4.69, 9.17) is 0 Å². The van der Waals surface area contributed by atoms with E-state index in [0.717, 1.165) is 6.42 Å². The molecule has 49 valence electrons. The van der Waals surface area contributed by atoms with Crippen LogP contribution in [-0.2, 0) is 0 Å². The Morgan fingerprint density at radius 2 is 1.88 bits per heavy atom. The summed E-state index contributed by atoms with van der Waals surface area (Å²) in [5.41, 5.74) is 0. The summed E-state index contributed by atoms with van der Waals surface area (Å²) in [5.74, 6) is 0.456. The predicted octanol–water partition coefficient (Wildman–Crippen LogP) is 2.46. The molecule has 1 radical (unpaired) electrons. The summed E-state index contributed by atoms with van der Waals surface area (Å²) in [6, 6.07) is 0. The molecular weight excluding hydrogens is 217 g/mol. The van der Waals surface area contributed by atoms with Gasteiger partial charge in [-0.25, -0.2) is 0 Å². The van der Waals surface area contributed by atoms with Crippen molar-refractivity contribution in [2.45, 2.75) is 24.7 Å². The molecule has 0 saturated heterocycles. The van der Waals surface area contributed by atoms with Gasteiger partial charge in [0.05, 0.1) is 0 Å². The molecule has 0 rings (SSSR count). The predicted molar refractivity (Wildman–Crippen MR) is 32.2 cm³/mol. The molecule has 0 N–H and O–H groups in total. The standard InChI is InChI=1S/C5H11.2FH.Sn/c1-4-5(2)3;;;/h5H,1,4H2,2-3H3;2*1H;/q;;;+2/p-2. The minimum atomic E-state index is -3.69. The van der Waals surface area contributed by atoms with Crippen LogP contribution in [0, 0.1) is 5.92 Å². The van der Waals surface area contributed by atoms with Crippen LogP contribution < -0.4 is 0 Å². The van der Waals surface area contributed by atoms with Gasteiger partial charge in [-0.05, 0) is 0 Å². The van der Waals surface area contributed by atoms with Crippen molar-refractivity contribution in [2.75, 3.05) is 0 Å². The Hall–Kier alpha value is 0.659. The molecule has 0 fully saturated rings. The minimum absolute atomic E-state index is 0.250. The molecule has 8 heavy (non-hydrogen) atoms. The van der Waals surface area contributed by atoms with Crippen LogP contribution in [0.1, 0.15) is 20.3 Å². The van der Waals surface area contributed by atoms with E-state index in [1.807, 2.05) is 13.8 Å². The average Bonchev–Trinajstić information content (AvgIpc) is 1.61. The Labute approximate surface area is 57.6 Å². The van der Waals surface area contributed by atoms with Gasteiger partial charge >= 0.3 is 57.3 Å². The summed E-state index contributed by atoms with van der Waals surface area (Å²) in [6.45, 7) is 3.96. The van der Waals surface area contributed by atoms with E-state index in [1.54, 1.807) is 0 Å². The Morgan fingerprint density at radius 3 is 2.00 bits per heavy atom. The molecule has 0 nitrogen and oxygen atoms in total. The van der Waals surface area contributed by atoms with Crippen LogP contribution in [0.2, 0.25) is 4.44 Å². The second kappa shape index (κ2) is 4.53. The monoisotopic (exact) mass is 229 g/mol. The Balaban J connectivity index is 2.93. The summed E-state index contributed by atoms with van der Waals surface area (Å²) in [7, 11) is 0. The molecule has 0 saturated carbocycles. The zero-order valence-corrected chi connectivity index (χ0v) is 8.10. The Kier molecular flexibility index (Phi) is 4.90. The Bertz CT molecular complexity index is 46.4. The van der Waals surface area contributed by atoms with Gasteiger partial charge in [0.1, 0.15) is 0 Å². The maximum atomic E-state index is 11.6. The van der Waals surface area contributed by atoms with Crippen LogP contribution >= 0.6 is 0 Å². The van der Waals surface area contributed by atoms with Gasteiger partial charge in [0.15, 0.2) is 0 Å². The number of rotatable bonds is 3. The molecule has 0 unspecified atom stereocenters. The van der Waals surface area contributed by atoms with Crippen LogP contribution in [0.4, 0.5) is 5.73 Å². The number of hydrogen-bond acceptors (Lipinski definition) is 0. The summed E-state index contributed by atoms with van der Waals surface area (Å²) in [4.78, 5) is 0. The first-order valence-corrected chi connectivity index (χ1v) is 6.97. The second-order valence-electron chi connectivity index (χ2n) is 2.27. The topological polar surface area (TPSA) is 0 Å². The fourth-order valence-corrected chi connectivity index (χ4v) is 2.67. The molecule has 0 aromatic heterocycles. The molecule has 0 aromatic carbocycles. The van der Waals surface area contributed by atoms with E-state index >= 15 is 0 Å². The van der Waals surface area contributed by atoms with Crippen molar-refractivity contribution in [3.8, 4) is 0 Å². The zero-order chi connectivity index (χ0) is 6.57. The quantitative estimate of drug-likeness (QED) is 0.650. The molecule has 0 aromatic rings. The van der Waals surface area contributed by atoms with E-state index in [9.17, 15) is 5.73 Å². The summed E-state index contributed by atoms with van der Waals surface area (Å²) in [5, 5.41) is 0. The number of halogens is 2. The van der Waals surface area contributed by atoms with Crippen molar-refractivity contribution >= 4 is 20.9 Å². The normalized spacial score (nSPS) is 11.2. The van der Waals surface area contributed by atoms with Crippen molar-refractivity contribution < 1.29 is 5.73 Å². The average molecular weight is 228 g/mol. The molecule has 0 aliphatic heterocycles. The fourth-order valence-electron chi connectivity index (χ4n) is 0.398. The molecule has 0 heterocycles. The van der Waals surface area contributed by atoms with Gasteiger partial charge in [-0.15, -0.1) is 0 Å². The van der Waals surface area contributed by atoms with Crippen LogP contribution in [0.5, 0.6) is 0 Å². The molecule has 0 aliphatic carbocycles. The fraction of sp³-hybridized carbons (Fsp3) is 1.00. The first kappa shape index (κ1) is 8.66. The van der Waals surface area contributed by atoms with Crippen LogP contribution in [0.25, 0.3) is 0 Å². The second-order valence-corrected chi connectivity index (χ2v) is 5.63. The van der Waals surface area contributed by atoms with E-state index < -0.39 is 20.9 Å². The van der Waals surface area contributed by atoms with E-state index in [2.05, 4.69) is 0 Å². The van der Waals surface area contributed by atoms with E-state index in [-0.39, 0.29) is 4.44 Å². The zero-order valence-electron chi connectivity index (χ0n) is 5.25. The Morgan fingerprint density at radius 1 is 1.38 bits per heavy atom. The third kappa shape index (κ3) is 6.66. The maximum absolute atomic E-state index is 11.6. The van der Waals surface area contributed by atoms with Crippen molar-refractivity contribution in [2.24, 2.45) is 5.92 Å². The van der Waals surface area contributed by atoms with Crippen molar-refractivity contribution in [1.82, 2.24) is 0 Å². The molecule has 0 spiro atoms. The molecule has 3 heteroatoms. The molecule has 0 atom stereocenters. The van der Waals surface area contributed by atoms with Gasteiger partial charge < -0.3 is 0 Å². The van der Waals surface area contributed by atoms with Gasteiger partial charge in [0.2, 0.25) is 0 Å². The first-order valence-electron chi connectivity index (χ1n) is 2.79. The van der Waals surface area contributed by atoms with Gasteiger partial charge in [-0.2, -0.15) is 0 Å². The SMILES string of the molecule is CC(C)C[CH2][Sn]([F])[F]. The van der Waals surface area contributed by atoms with Gasteiger partial charge in [-0.3, -0.25) is 0 Å². The molecule has 0 bridgehead atoms. The molecule has 0 aliphatic rings. The van der Waals surface area contributed by atoms with Crippen LogP contribution in [0.15, 0.2) is 0 Å². The van der Waals surface area contributed by atoms with Crippen molar-refractivity contribution in [3.63, 3.8) is 0 Å². The van der Waals surface area contributed by atoms with E-state index in [1.165, 1.54) is 0 Å². The van der Waals surface area contributed by atoms with E-state index in [0.29, 0.717) is 5.92 Å². The summed E-state index contributed by atoms with van der Waals surface area (Å²) in [6.07, 6.45) is 0.724. The van der Waals surface area contributed by atoms with Crippen molar-refractivity contribution in [1.29, 1.82) is 0 Å². The third-order valence-corrected chi connectivity index (χ3v) is 2.81. The first-order chi connectivity index (χ1) is 3.63. The number of hydrogen-bond donors (Lipinski definition) is 0.